The average molecular weight is 408 g/mol. The molecule has 0 amide bonds. The summed E-state index contributed by atoms with van der Waals surface area (Å²) in [7, 11) is 0. The van der Waals surface area contributed by atoms with E-state index in [1.807, 2.05) is 12.1 Å². The number of hydrogen-bond acceptors (Lipinski definition) is 2. The molecule has 4 heteroatoms. The number of halogens is 2. The lowest BCUT2D eigenvalue weighted by molar-refractivity contribution is 0.279. The lowest BCUT2D eigenvalue weighted by atomic mass is 9.85. The van der Waals surface area contributed by atoms with Crippen molar-refractivity contribution in [3.8, 4) is 11.1 Å². The van der Waals surface area contributed by atoms with Crippen LogP contribution in [0, 0.1) is 0 Å². The van der Waals surface area contributed by atoms with Crippen LogP contribution in [0.25, 0.3) is 11.1 Å². The second-order valence-corrected chi connectivity index (χ2v) is 8.61. The highest BCUT2D eigenvalue weighted by Gasteiger charge is 2.24. The first-order valence-electron chi connectivity index (χ1n) is 9.93. The summed E-state index contributed by atoms with van der Waals surface area (Å²) in [6, 6.07) is 5.61. The molecule has 0 fully saturated rings. The molecule has 0 unspecified atom stereocenters. The maximum absolute atomic E-state index is 10.3. The lowest BCUT2D eigenvalue weighted by Gasteiger charge is -2.24. The average Bonchev–Trinajstić information content (AvgIpc) is 2.61. The molecule has 0 aliphatic heterocycles. The van der Waals surface area contributed by atoms with E-state index in [1.165, 1.54) is 18.4 Å². The third-order valence-corrected chi connectivity index (χ3v) is 5.49. The van der Waals surface area contributed by atoms with Gasteiger partial charge in [-0.15, -0.1) is 0 Å². The monoisotopic (exact) mass is 407 g/mol. The lowest BCUT2D eigenvalue weighted by Crippen LogP contribution is -2.12. The third kappa shape index (κ3) is 5.04. The summed E-state index contributed by atoms with van der Waals surface area (Å²) >= 11 is 12.7. The van der Waals surface area contributed by atoms with Gasteiger partial charge in [-0.1, -0.05) is 76.7 Å². The molecule has 0 atom stereocenters. The van der Waals surface area contributed by atoms with Crippen LogP contribution in [0.1, 0.15) is 88.2 Å². The van der Waals surface area contributed by atoms with Crippen LogP contribution < -0.4 is 0 Å². The number of aliphatic hydroxyl groups is 1. The first-order valence-corrected chi connectivity index (χ1v) is 10.7. The van der Waals surface area contributed by atoms with Gasteiger partial charge in [-0.2, -0.15) is 0 Å². The van der Waals surface area contributed by atoms with Crippen LogP contribution in [0.4, 0.5) is 0 Å². The van der Waals surface area contributed by atoms with Crippen molar-refractivity contribution in [3.63, 3.8) is 0 Å². The van der Waals surface area contributed by atoms with Gasteiger partial charge in [-0.05, 0) is 47.9 Å². The van der Waals surface area contributed by atoms with Crippen LogP contribution in [0.2, 0.25) is 10.0 Å². The van der Waals surface area contributed by atoms with Crippen LogP contribution in [0.3, 0.4) is 0 Å². The summed E-state index contributed by atoms with van der Waals surface area (Å²) in [4.78, 5) is 5.03. The maximum atomic E-state index is 10.3. The Balaban J connectivity index is 2.85. The van der Waals surface area contributed by atoms with Crippen molar-refractivity contribution in [1.82, 2.24) is 4.98 Å². The Labute approximate surface area is 173 Å². The number of benzene rings is 1. The number of rotatable bonds is 8. The van der Waals surface area contributed by atoms with E-state index < -0.39 is 0 Å². The van der Waals surface area contributed by atoms with Crippen LogP contribution in [0.5, 0.6) is 0 Å². The quantitative estimate of drug-likeness (QED) is 0.458. The highest BCUT2D eigenvalue weighted by Crippen LogP contribution is 2.40. The van der Waals surface area contributed by atoms with Gasteiger partial charge in [-0.3, -0.25) is 4.98 Å². The minimum absolute atomic E-state index is 0.0477. The van der Waals surface area contributed by atoms with Crippen LogP contribution in [-0.2, 0) is 13.0 Å². The second-order valence-electron chi connectivity index (χ2n) is 7.76. The third-order valence-electron chi connectivity index (χ3n) is 4.95. The zero-order valence-electron chi connectivity index (χ0n) is 17.1. The number of pyridine rings is 1. The van der Waals surface area contributed by atoms with Gasteiger partial charge < -0.3 is 5.11 Å². The van der Waals surface area contributed by atoms with Gasteiger partial charge in [0.1, 0.15) is 0 Å². The van der Waals surface area contributed by atoms with E-state index in [9.17, 15) is 5.11 Å². The Bertz CT molecular complexity index is 784. The van der Waals surface area contributed by atoms with Gasteiger partial charge in [0.05, 0.1) is 6.61 Å². The summed E-state index contributed by atoms with van der Waals surface area (Å²) in [6.07, 6.45) is 4.38. The normalized spacial score (nSPS) is 11.6. The molecule has 0 aliphatic rings. The van der Waals surface area contributed by atoms with Crippen molar-refractivity contribution in [2.45, 2.75) is 78.7 Å². The van der Waals surface area contributed by atoms with Crippen molar-refractivity contribution in [3.05, 3.63) is 50.8 Å². The summed E-state index contributed by atoms with van der Waals surface area (Å²) in [6.45, 7) is 10.8. The summed E-state index contributed by atoms with van der Waals surface area (Å²) in [5.74, 6) is 0.524. The molecule has 2 aromatic rings. The maximum Gasteiger partial charge on any atom is 0.0705 e. The SMILES string of the molecule is CCCCCc1c(C(C)C)nc(C(C)C)c(CO)c1-c1ccc(Cl)cc1Cl. The Morgan fingerprint density at radius 1 is 0.963 bits per heavy atom. The number of aliphatic hydroxyl groups excluding tert-OH is 1. The summed E-state index contributed by atoms with van der Waals surface area (Å²) in [5.41, 5.74) is 6.18. The van der Waals surface area contributed by atoms with Gasteiger partial charge in [0.25, 0.3) is 0 Å². The molecule has 1 N–H and O–H groups in total. The van der Waals surface area contributed by atoms with Crippen LogP contribution >= 0.6 is 23.2 Å². The Morgan fingerprint density at radius 2 is 1.59 bits per heavy atom. The smallest absolute Gasteiger partial charge is 0.0705 e. The van der Waals surface area contributed by atoms with Gasteiger partial charge >= 0.3 is 0 Å². The largest absolute Gasteiger partial charge is 0.392 e. The zero-order chi connectivity index (χ0) is 20.1. The molecule has 1 aromatic heterocycles. The molecule has 148 valence electrons. The molecule has 0 saturated carbocycles. The molecular weight excluding hydrogens is 377 g/mol. The number of nitrogens with zero attached hydrogens (tertiary/aromatic N) is 1. The van der Waals surface area contributed by atoms with E-state index >= 15 is 0 Å². The van der Waals surface area contributed by atoms with Crippen LogP contribution in [0.15, 0.2) is 18.2 Å². The van der Waals surface area contributed by atoms with Crippen molar-refractivity contribution >= 4 is 23.2 Å². The summed E-state index contributed by atoms with van der Waals surface area (Å²) < 4.78 is 0. The molecule has 0 aliphatic carbocycles. The molecule has 1 aromatic carbocycles. The van der Waals surface area contributed by atoms with Gasteiger partial charge in [-0.25, -0.2) is 0 Å². The highest BCUT2D eigenvalue weighted by molar-refractivity contribution is 6.36. The number of hydrogen-bond donors (Lipinski definition) is 1. The molecule has 0 radical (unpaired) electrons. The fourth-order valence-electron chi connectivity index (χ4n) is 3.64. The molecule has 0 bridgehead atoms. The topological polar surface area (TPSA) is 33.1 Å². The molecule has 1 heterocycles. The van der Waals surface area contributed by atoms with E-state index in [4.69, 9.17) is 28.2 Å². The van der Waals surface area contributed by atoms with E-state index in [0.29, 0.717) is 16.0 Å². The minimum Gasteiger partial charge on any atom is -0.392 e. The number of aromatic nitrogens is 1. The Hall–Kier alpha value is -1.09. The van der Waals surface area contributed by atoms with Crippen molar-refractivity contribution in [1.29, 1.82) is 0 Å². The zero-order valence-corrected chi connectivity index (χ0v) is 18.6. The van der Waals surface area contributed by atoms with E-state index in [2.05, 4.69) is 34.6 Å². The highest BCUT2D eigenvalue weighted by atomic mass is 35.5. The van der Waals surface area contributed by atoms with Gasteiger partial charge in [0, 0.05) is 32.6 Å². The van der Waals surface area contributed by atoms with Gasteiger partial charge in [0.15, 0.2) is 0 Å². The minimum atomic E-state index is -0.0477. The predicted octanol–water partition coefficient (Wildman–Crippen LogP) is 7.53. The fourth-order valence-corrected chi connectivity index (χ4v) is 4.14. The first kappa shape index (κ1) is 22.2. The van der Waals surface area contributed by atoms with Gasteiger partial charge in [0.2, 0.25) is 0 Å². The molecular formula is C23H31Cl2NO. The Morgan fingerprint density at radius 3 is 2.11 bits per heavy atom. The van der Waals surface area contributed by atoms with Crippen molar-refractivity contribution < 1.29 is 5.11 Å². The molecule has 2 nitrogen and oxygen atoms in total. The second kappa shape index (κ2) is 9.91. The first-order chi connectivity index (χ1) is 12.8. The Kier molecular flexibility index (Phi) is 8.15. The fraction of sp³-hybridized carbons (Fsp3) is 0.522. The molecule has 2 rings (SSSR count). The van der Waals surface area contributed by atoms with Crippen molar-refractivity contribution in [2.75, 3.05) is 0 Å². The predicted molar refractivity (Wildman–Crippen MR) is 117 cm³/mol. The molecule has 0 spiro atoms. The van der Waals surface area contributed by atoms with Crippen LogP contribution in [-0.4, -0.2) is 10.1 Å². The van der Waals surface area contributed by atoms with Crippen molar-refractivity contribution in [2.24, 2.45) is 0 Å². The van der Waals surface area contributed by atoms with E-state index in [1.54, 1.807) is 6.07 Å². The number of unbranched alkanes of at least 4 members (excludes halogenated alkanes) is 2. The standard InChI is InChI=1S/C23H31Cl2NO/c1-6-7-8-9-18-21(17-11-10-16(24)12-20(17)25)19(13-27)23(15(4)5)26-22(18)14(2)3/h10-12,14-15,27H,6-9,13H2,1-5H3. The van der Waals surface area contributed by atoms with E-state index in [-0.39, 0.29) is 12.5 Å². The molecule has 27 heavy (non-hydrogen) atoms. The molecule has 0 saturated heterocycles. The van der Waals surface area contributed by atoms with E-state index in [0.717, 1.165) is 40.9 Å². The summed E-state index contributed by atoms with van der Waals surface area (Å²) in [5, 5.41) is 11.5.